The molecular weight excluding hydrogens is 369 g/mol. The molecule has 2 rings (SSSR count). The summed E-state index contributed by atoms with van der Waals surface area (Å²) >= 11 is 5.74. The Bertz CT molecular complexity index is 815. The first-order chi connectivity index (χ1) is 12.4. The molecule has 0 spiro atoms. The summed E-state index contributed by atoms with van der Waals surface area (Å²) in [6, 6.07) is 10.0. The first-order valence-electron chi connectivity index (χ1n) is 7.52. The van der Waals surface area contributed by atoms with Crippen molar-refractivity contribution in [3.63, 3.8) is 0 Å². The largest absolute Gasteiger partial charge is 0.445 e. The molecule has 0 saturated carbocycles. The van der Waals surface area contributed by atoms with Gasteiger partial charge in [0.15, 0.2) is 0 Å². The molecule has 1 amide bonds. The van der Waals surface area contributed by atoms with E-state index in [1.54, 1.807) is 0 Å². The average molecular weight is 383 g/mol. The van der Waals surface area contributed by atoms with Crippen LogP contribution in [0.1, 0.15) is 23.1 Å². The monoisotopic (exact) mass is 382 g/mol. The number of nitrogens with zero attached hydrogens (tertiary/aromatic N) is 1. The van der Waals surface area contributed by atoms with E-state index in [1.165, 1.54) is 0 Å². The zero-order chi connectivity index (χ0) is 19.0. The number of benzene rings is 1. The summed E-state index contributed by atoms with van der Waals surface area (Å²) in [5.41, 5.74) is -0.0870. The van der Waals surface area contributed by atoms with Gasteiger partial charge in [0, 0.05) is 19.2 Å². The Morgan fingerprint density at radius 2 is 2.00 bits per heavy atom. The van der Waals surface area contributed by atoms with Crippen LogP contribution in [0.2, 0.25) is 5.15 Å². The molecule has 8 heteroatoms. The van der Waals surface area contributed by atoms with Crippen molar-refractivity contribution in [3.8, 4) is 11.8 Å². The topological polar surface area (TPSA) is 51.2 Å². The summed E-state index contributed by atoms with van der Waals surface area (Å²) in [5.74, 6) is 5.16. The van der Waals surface area contributed by atoms with Crippen LogP contribution in [0, 0.1) is 11.8 Å². The summed E-state index contributed by atoms with van der Waals surface area (Å²) in [6.45, 7) is 0.328. The van der Waals surface area contributed by atoms with Gasteiger partial charge >= 0.3 is 12.3 Å². The van der Waals surface area contributed by atoms with Crippen molar-refractivity contribution in [2.75, 3.05) is 6.54 Å². The quantitative estimate of drug-likeness (QED) is 0.484. The van der Waals surface area contributed by atoms with E-state index in [0.29, 0.717) is 6.20 Å². The van der Waals surface area contributed by atoms with Crippen LogP contribution in [0.4, 0.5) is 18.0 Å². The SMILES string of the molecule is O=C(NCCC#Cc1cc(C(F)(F)F)cnc1Cl)OCc1ccccc1. The molecule has 0 atom stereocenters. The predicted molar refractivity (Wildman–Crippen MR) is 90.4 cm³/mol. The molecule has 136 valence electrons. The van der Waals surface area contributed by atoms with E-state index < -0.39 is 17.8 Å². The van der Waals surface area contributed by atoms with Crippen molar-refractivity contribution in [1.29, 1.82) is 0 Å². The molecule has 0 aliphatic rings. The van der Waals surface area contributed by atoms with Gasteiger partial charge in [0.05, 0.1) is 11.1 Å². The summed E-state index contributed by atoms with van der Waals surface area (Å²) < 4.78 is 42.9. The lowest BCUT2D eigenvalue weighted by atomic mass is 10.2. The third-order valence-corrected chi connectivity index (χ3v) is 3.42. The van der Waals surface area contributed by atoms with Gasteiger partial charge in [0.2, 0.25) is 0 Å². The van der Waals surface area contributed by atoms with Gasteiger partial charge in [-0.1, -0.05) is 53.8 Å². The Morgan fingerprint density at radius 3 is 2.69 bits per heavy atom. The minimum atomic E-state index is -4.52. The third kappa shape index (κ3) is 6.30. The van der Waals surface area contributed by atoms with Crippen LogP contribution >= 0.6 is 11.6 Å². The number of alkyl carbamates (subject to hydrolysis) is 1. The molecule has 1 heterocycles. The van der Waals surface area contributed by atoms with Crippen LogP contribution in [0.25, 0.3) is 0 Å². The molecule has 2 aromatic rings. The highest BCUT2D eigenvalue weighted by molar-refractivity contribution is 6.30. The lowest BCUT2D eigenvalue weighted by molar-refractivity contribution is -0.137. The number of ether oxygens (including phenoxy) is 1. The second kappa shape index (κ2) is 9.11. The Labute approximate surface area is 153 Å². The normalized spacial score (nSPS) is 10.6. The van der Waals surface area contributed by atoms with Gasteiger partial charge < -0.3 is 10.1 Å². The van der Waals surface area contributed by atoms with E-state index in [2.05, 4.69) is 22.1 Å². The highest BCUT2D eigenvalue weighted by atomic mass is 35.5. The van der Waals surface area contributed by atoms with E-state index in [0.717, 1.165) is 11.6 Å². The van der Waals surface area contributed by atoms with Crippen LogP contribution in [0.3, 0.4) is 0 Å². The number of aromatic nitrogens is 1. The zero-order valence-electron chi connectivity index (χ0n) is 13.4. The molecule has 0 radical (unpaired) electrons. The van der Waals surface area contributed by atoms with E-state index in [4.69, 9.17) is 16.3 Å². The van der Waals surface area contributed by atoms with Gasteiger partial charge in [0.1, 0.15) is 11.8 Å². The van der Waals surface area contributed by atoms with Gasteiger partial charge in [-0.2, -0.15) is 13.2 Å². The fraction of sp³-hybridized carbons (Fsp3) is 0.222. The van der Waals surface area contributed by atoms with Crippen LogP contribution in [0.15, 0.2) is 42.6 Å². The lowest BCUT2D eigenvalue weighted by Gasteiger charge is -2.06. The van der Waals surface area contributed by atoms with Crippen molar-refractivity contribution in [1.82, 2.24) is 10.3 Å². The van der Waals surface area contributed by atoms with Crippen molar-refractivity contribution >= 4 is 17.7 Å². The molecule has 1 N–H and O–H groups in total. The minimum absolute atomic E-state index is 0.0202. The number of amides is 1. The number of alkyl halides is 3. The number of hydrogen-bond donors (Lipinski definition) is 1. The molecule has 0 aliphatic carbocycles. The number of rotatable bonds is 4. The number of carbonyl (C=O) groups excluding carboxylic acids is 1. The third-order valence-electron chi connectivity index (χ3n) is 3.12. The number of pyridine rings is 1. The number of halogens is 4. The number of nitrogens with one attached hydrogen (secondary N) is 1. The molecule has 1 aromatic carbocycles. The van der Waals surface area contributed by atoms with Gasteiger partial charge in [0.25, 0.3) is 0 Å². The molecular formula is C18H14ClF3N2O2. The summed E-state index contributed by atoms with van der Waals surface area (Å²) in [4.78, 5) is 15.0. The van der Waals surface area contributed by atoms with Gasteiger partial charge in [-0.3, -0.25) is 0 Å². The zero-order valence-corrected chi connectivity index (χ0v) is 14.2. The van der Waals surface area contributed by atoms with E-state index in [1.807, 2.05) is 30.3 Å². The van der Waals surface area contributed by atoms with Crippen molar-refractivity contribution in [2.24, 2.45) is 0 Å². The fourth-order valence-corrected chi connectivity index (χ4v) is 2.00. The molecule has 4 nitrogen and oxygen atoms in total. The second-order valence-corrected chi connectivity index (χ2v) is 5.46. The maximum Gasteiger partial charge on any atom is 0.417 e. The van der Waals surface area contributed by atoms with Crippen molar-refractivity contribution in [3.05, 3.63) is 64.4 Å². The Hall–Kier alpha value is -2.72. The average Bonchev–Trinajstić information content (AvgIpc) is 2.61. The molecule has 0 fully saturated rings. The van der Waals surface area contributed by atoms with E-state index in [9.17, 15) is 18.0 Å². The summed E-state index contributed by atoms with van der Waals surface area (Å²) in [6.07, 6.45) is -4.25. The fourth-order valence-electron chi connectivity index (χ4n) is 1.85. The molecule has 0 aliphatic heterocycles. The predicted octanol–water partition coefficient (Wildman–Crippen LogP) is 4.42. The minimum Gasteiger partial charge on any atom is -0.445 e. The molecule has 0 saturated heterocycles. The number of carbonyl (C=O) groups is 1. The first-order valence-corrected chi connectivity index (χ1v) is 7.90. The van der Waals surface area contributed by atoms with Crippen LogP contribution in [0.5, 0.6) is 0 Å². The maximum atomic E-state index is 12.6. The Kier molecular flexibility index (Phi) is 6.87. The highest BCUT2D eigenvalue weighted by Gasteiger charge is 2.31. The van der Waals surface area contributed by atoms with E-state index >= 15 is 0 Å². The van der Waals surface area contributed by atoms with Gasteiger partial charge in [-0.05, 0) is 11.6 Å². The van der Waals surface area contributed by atoms with Crippen molar-refractivity contribution < 1.29 is 22.7 Å². The van der Waals surface area contributed by atoms with Gasteiger partial charge in [-0.25, -0.2) is 9.78 Å². The Morgan fingerprint density at radius 1 is 1.27 bits per heavy atom. The molecule has 0 bridgehead atoms. The molecule has 26 heavy (non-hydrogen) atoms. The molecule has 1 aromatic heterocycles. The summed E-state index contributed by atoms with van der Waals surface area (Å²) in [5, 5.41) is 2.39. The van der Waals surface area contributed by atoms with Crippen LogP contribution in [-0.4, -0.2) is 17.6 Å². The van der Waals surface area contributed by atoms with Crippen LogP contribution < -0.4 is 5.32 Å². The first kappa shape index (κ1) is 19.6. The molecule has 0 unspecified atom stereocenters. The lowest BCUT2D eigenvalue weighted by Crippen LogP contribution is -2.24. The Balaban J connectivity index is 1.79. The second-order valence-electron chi connectivity index (χ2n) is 5.10. The number of hydrogen-bond acceptors (Lipinski definition) is 3. The highest BCUT2D eigenvalue weighted by Crippen LogP contribution is 2.30. The van der Waals surface area contributed by atoms with E-state index in [-0.39, 0.29) is 30.3 Å². The smallest absolute Gasteiger partial charge is 0.417 e. The van der Waals surface area contributed by atoms with Crippen LogP contribution in [-0.2, 0) is 17.5 Å². The standard InChI is InChI=1S/C18H14ClF3N2O2/c19-16-14(10-15(11-24-16)18(20,21)22)8-4-5-9-23-17(25)26-12-13-6-2-1-3-7-13/h1-3,6-7,10-11H,5,9,12H2,(H,23,25). The van der Waals surface area contributed by atoms with Crippen molar-refractivity contribution in [2.45, 2.75) is 19.2 Å². The maximum absolute atomic E-state index is 12.6. The van der Waals surface area contributed by atoms with Gasteiger partial charge in [-0.15, -0.1) is 0 Å². The summed E-state index contributed by atoms with van der Waals surface area (Å²) in [7, 11) is 0.